The Hall–Kier alpha value is -3.20. The van der Waals surface area contributed by atoms with Gasteiger partial charge in [-0.25, -0.2) is 0 Å². The third-order valence-electron chi connectivity index (χ3n) is 3.09. The molecule has 1 fully saturated rings. The van der Waals surface area contributed by atoms with Gasteiger partial charge in [0.25, 0.3) is 5.91 Å². The number of carbonyl (C=O) groups is 1. The summed E-state index contributed by atoms with van der Waals surface area (Å²) in [5, 5.41) is 25.6. The Kier molecular flexibility index (Phi) is 3.54. The molecule has 0 atom stereocenters. The van der Waals surface area contributed by atoms with Crippen molar-refractivity contribution >= 4 is 35.0 Å². The van der Waals surface area contributed by atoms with Gasteiger partial charge in [0.2, 0.25) is 0 Å². The highest BCUT2D eigenvalue weighted by Crippen LogP contribution is 2.32. The fourth-order valence-electron chi connectivity index (χ4n) is 2.03. The number of nitro groups is 1. The Labute approximate surface area is 134 Å². The molecule has 9 heteroatoms. The zero-order valence-electron chi connectivity index (χ0n) is 11.4. The lowest BCUT2D eigenvalue weighted by Crippen LogP contribution is -2.21. The molecule has 23 heavy (non-hydrogen) atoms. The Morgan fingerprint density at radius 3 is 2.70 bits per heavy atom. The van der Waals surface area contributed by atoms with Crippen LogP contribution in [-0.2, 0) is 4.79 Å². The van der Waals surface area contributed by atoms with Crippen molar-refractivity contribution in [3.8, 4) is 17.1 Å². The van der Waals surface area contributed by atoms with Crippen molar-refractivity contribution in [2.24, 2.45) is 0 Å². The van der Waals surface area contributed by atoms with Crippen molar-refractivity contribution in [3.63, 3.8) is 0 Å². The molecule has 3 N–H and O–H groups in total. The Morgan fingerprint density at radius 2 is 2.04 bits per heavy atom. The summed E-state index contributed by atoms with van der Waals surface area (Å²) >= 11 is 4.82. The Morgan fingerprint density at radius 1 is 1.26 bits per heavy atom. The number of phenols is 1. The predicted molar refractivity (Wildman–Crippen MR) is 84.3 cm³/mol. The van der Waals surface area contributed by atoms with E-state index in [4.69, 9.17) is 16.6 Å². The number of aromatic hydroxyl groups is 1. The molecule has 0 bridgehead atoms. The summed E-state index contributed by atoms with van der Waals surface area (Å²) in [5.41, 5.74) is 0.257. The number of nitrogens with zero attached hydrogens (tertiary/aromatic N) is 1. The molecule has 116 valence electrons. The molecule has 8 nitrogen and oxygen atoms in total. The van der Waals surface area contributed by atoms with Crippen molar-refractivity contribution in [1.82, 2.24) is 10.6 Å². The van der Waals surface area contributed by atoms with Crippen LogP contribution in [0.15, 0.2) is 40.4 Å². The number of thiocarbonyl (C=S) groups is 1. The summed E-state index contributed by atoms with van der Waals surface area (Å²) in [6.45, 7) is 0. The number of benzene rings is 1. The van der Waals surface area contributed by atoms with Gasteiger partial charge < -0.3 is 14.8 Å². The highest BCUT2D eigenvalue weighted by Gasteiger charge is 2.21. The second-order valence-electron chi connectivity index (χ2n) is 4.63. The number of hydrogen-bond acceptors (Lipinski definition) is 6. The van der Waals surface area contributed by atoms with E-state index in [1.807, 2.05) is 0 Å². The summed E-state index contributed by atoms with van der Waals surface area (Å²) in [7, 11) is 0. The van der Waals surface area contributed by atoms with Crippen LogP contribution in [0.25, 0.3) is 17.4 Å². The fourth-order valence-corrected chi connectivity index (χ4v) is 2.24. The van der Waals surface area contributed by atoms with E-state index in [1.165, 1.54) is 24.3 Å². The SMILES string of the molecule is O=C1NC(=S)N/C1=C/c1ccc(-c2ccc(O)c([N+](=O)[O-])c2)o1. The molecule has 0 unspecified atom stereocenters. The molecule has 0 aliphatic carbocycles. The molecule has 1 amide bonds. The van der Waals surface area contributed by atoms with Crippen molar-refractivity contribution < 1.29 is 19.2 Å². The topological polar surface area (TPSA) is 118 Å². The third kappa shape index (κ3) is 2.90. The van der Waals surface area contributed by atoms with Gasteiger partial charge in [-0.2, -0.15) is 0 Å². The molecular formula is C14H9N3O5S. The van der Waals surface area contributed by atoms with Crippen LogP contribution >= 0.6 is 12.2 Å². The molecule has 0 spiro atoms. The van der Waals surface area contributed by atoms with E-state index in [2.05, 4.69) is 10.6 Å². The minimum absolute atomic E-state index is 0.210. The van der Waals surface area contributed by atoms with E-state index in [1.54, 1.807) is 12.1 Å². The van der Waals surface area contributed by atoms with Crippen LogP contribution in [0.2, 0.25) is 0 Å². The first-order chi connectivity index (χ1) is 10.9. The van der Waals surface area contributed by atoms with Crippen LogP contribution in [0.4, 0.5) is 5.69 Å². The first kappa shape index (κ1) is 14.7. The van der Waals surface area contributed by atoms with Crippen LogP contribution in [0, 0.1) is 10.1 Å². The van der Waals surface area contributed by atoms with Gasteiger partial charge in [-0.15, -0.1) is 0 Å². The molecule has 2 aromatic rings. The number of amides is 1. The second kappa shape index (κ2) is 5.54. The number of hydrogen-bond donors (Lipinski definition) is 3. The smallest absolute Gasteiger partial charge is 0.311 e. The molecule has 0 radical (unpaired) electrons. The number of carbonyl (C=O) groups excluding carboxylic acids is 1. The molecule has 0 saturated carbocycles. The number of phenolic OH excluding ortho intramolecular Hbond substituents is 1. The van der Waals surface area contributed by atoms with Gasteiger partial charge in [-0.3, -0.25) is 20.2 Å². The van der Waals surface area contributed by atoms with Crippen molar-refractivity contribution in [1.29, 1.82) is 0 Å². The van der Waals surface area contributed by atoms with E-state index in [-0.39, 0.29) is 16.7 Å². The fraction of sp³-hybridized carbons (Fsp3) is 0. The highest BCUT2D eigenvalue weighted by atomic mass is 32.1. The standard InChI is InChI=1S/C14H9N3O5S/c18-11-3-1-7(5-10(11)17(20)21)12-4-2-8(22-12)6-9-13(19)16-14(23)15-9/h1-6,18H,(H2,15,16,19,23)/b9-6+. The zero-order chi connectivity index (χ0) is 16.6. The number of rotatable bonds is 3. The second-order valence-corrected chi connectivity index (χ2v) is 5.04. The molecular weight excluding hydrogens is 322 g/mol. The van der Waals surface area contributed by atoms with E-state index >= 15 is 0 Å². The lowest BCUT2D eigenvalue weighted by Gasteiger charge is -1.99. The predicted octanol–water partition coefficient (Wildman–Crippen LogP) is 1.91. The average molecular weight is 331 g/mol. The summed E-state index contributed by atoms with van der Waals surface area (Å²) in [5.74, 6) is -0.0554. The van der Waals surface area contributed by atoms with Crippen molar-refractivity contribution in [2.75, 3.05) is 0 Å². The van der Waals surface area contributed by atoms with Gasteiger partial charge in [0.15, 0.2) is 10.9 Å². The molecule has 1 aromatic carbocycles. The van der Waals surface area contributed by atoms with Gasteiger partial charge in [0.1, 0.15) is 17.2 Å². The molecule has 3 rings (SSSR count). The quantitative estimate of drug-likeness (QED) is 0.340. The van der Waals surface area contributed by atoms with Gasteiger partial charge in [0, 0.05) is 17.7 Å². The van der Waals surface area contributed by atoms with E-state index in [0.29, 0.717) is 17.1 Å². The minimum atomic E-state index is -0.682. The molecule has 1 aliphatic heterocycles. The molecule has 1 saturated heterocycles. The molecule has 1 aromatic heterocycles. The maximum absolute atomic E-state index is 11.5. The first-order valence-corrected chi connectivity index (χ1v) is 6.76. The third-order valence-corrected chi connectivity index (χ3v) is 3.29. The van der Waals surface area contributed by atoms with E-state index in [9.17, 15) is 20.0 Å². The highest BCUT2D eigenvalue weighted by molar-refractivity contribution is 7.80. The largest absolute Gasteiger partial charge is 0.502 e. The van der Waals surface area contributed by atoms with Crippen LogP contribution in [0.3, 0.4) is 0 Å². The summed E-state index contributed by atoms with van der Waals surface area (Å²) in [6, 6.07) is 7.14. The maximum atomic E-state index is 11.5. The van der Waals surface area contributed by atoms with Crippen LogP contribution < -0.4 is 10.6 Å². The lowest BCUT2D eigenvalue weighted by molar-refractivity contribution is -0.385. The summed E-state index contributed by atoms with van der Waals surface area (Å²) in [4.78, 5) is 21.7. The summed E-state index contributed by atoms with van der Waals surface area (Å²) < 4.78 is 5.55. The normalized spacial score (nSPS) is 15.6. The minimum Gasteiger partial charge on any atom is -0.502 e. The number of nitrogens with one attached hydrogen (secondary N) is 2. The number of nitro benzene ring substituents is 1. The van der Waals surface area contributed by atoms with Crippen molar-refractivity contribution in [2.45, 2.75) is 0 Å². The van der Waals surface area contributed by atoms with E-state index < -0.39 is 16.4 Å². The van der Waals surface area contributed by atoms with Crippen molar-refractivity contribution in [3.05, 3.63) is 51.9 Å². The van der Waals surface area contributed by atoms with Crippen LogP contribution in [-0.4, -0.2) is 21.0 Å². The van der Waals surface area contributed by atoms with Gasteiger partial charge in [0.05, 0.1) is 4.92 Å². The first-order valence-electron chi connectivity index (χ1n) is 6.35. The van der Waals surface area contributed by atoms with Gasteiger partial charge in [-0.05, 0) is 36.5 Å². The lowest BCUT2D eigenvalue weighted by atomic mass is 10.1. The van der Waals surface area contributed by atoms with Crippen LogP contribution in [0.1, 0.15) is 5.76 Å². The van der Waals surface area contributed by atoms with Crippen LogP contribution in [0.5, 0.6) is 5.75 Å². The Bertz CT molecular complexity index is 871. The maximum Gasteiger partial charge on any atom is 0.311 e. The monoisotopic (exact) mass is 331 g/mol. The molecule has 2 heterocycles. The van der Waals surface area contributed by atoms with Gasteiger partial charge >= 0.3 is 5.69 Å². The summed E-state index contributed by atoms with van der Waals surface area (Å²) in [6.07, 6.45) is 1.47. The van der Waals surface area contributed by atoms with E-state index in [0.717, 1.165) is 0 Å². The van der Waals surface area contributed by atoms with Gasteiger partial charge in [-0.1, -0.05) is 0 Å². The molecule has 1 aliphatic rings. The Balaban J connectivity index is 1.92. The average Bonchev–Trinajstić information content (AvgIpc) is 3.06. The zero-order valence-corrected chi connectivity index (χ0v) is 12.2. The number of furan rings is 1.